The van der Waals surface area contributed by atoms with Gasteiger partial charge in [0.05, 0.1) is 12.0 Å². The molecular formula is C24H28N2O4S. The Morgan fingerprint density at radius 1 is 1.03 bits per heavy atom. The van der Waals surface area contributed by atoms with Crippen molar-refractivity contribution in [2.75, 3.05) is 12.4 Å². The molecule has 0 aliphatic heterocycles. The van der Waals surface area contributed by atoms with Crippen molar-refractivity contribution >= 4 is 21.6 Å². The van der Waals surface area contributed by atoms with Gasteiger partial charge >= 0.3 is 0 Å². The highest BCUT2D eigenvalue weighted by Gasteiger charge is 2.30. The Bertz CT molecular complexity index is 1160. The van der Waals surface area contributed by atoms with E-state index in [0.717, 1.165) is 11.3 Å². The zero-order valence-electron chi connectivity index (χ0n) is 18.3. The highest BCUT2D eigenvalue weighted by atomic mass is 32.2. The first-order valence-corrected chi connectivity index (χ1v) is 11.7. The number of hydrogen-bond acceptors (Lipinski definition) is 4. The number of methoxy groups -OCH3 is 1. The highest BCUT2D eigenvalue weighted by molar-refractivity contribution is 7.91. The Morgan fingerprint density at radius 2 is 1.68 bits per heavy atom. The Labute approximate surface area is 183 Å². The molecule has 0 saturated carbocycles. The van der Waals surface area contributed by atoms with Gasteiger partial charge in [-0.1, -0.05) is 37.3 Å². The summed E-state index contributed by atoms with van der Waals surface area (Å²) in [5.74, 6) is 0.679. The number of rotatable bonds is 8. The molecule has 3 rings (SSSR count). The van der Waals surface area contributed by atoms with Crippen molar-refractivity contribution < 1.29 is 17.9 Å². The Hall–Kier alpha value is -3.06. The summed E-state index contributed by atoms with van der Waals surface area (Å²) in [5, 5.41) is 2.88. The summed E-state index contributed by atoms with van der Waals surface area (Å²) in [7, 11) is -2.34. The quantitative estimate of drug-likeness (QED) is 0.549. The van der Waals surface area contributed by atoms with Crippen LogP contribution in [-0.2, 0) is 21.2 Å². The molecule has 6 nitrogen and oxygen atoms in total. The van der Waals surface area contributed by atoms with Crippen molar-refractivity contribution in [2.45, 2.75) is 49.9 Å². The van der Waals surface area contributed by atoms with Crippen molar-refractivity contribution in [3.63, 3.8) is 0 Å². The van der Waals surface area contributed by atoms with Crippen molar-refractivity contribution in [1.29, 1.82) is 0 Å². The molecular weight excluding hydrogens is 412 g/mol. The molecule has 164 valence electrons. The molecule has 7 heteroatoms. The van der Waals surface area contributed by atoms with Crippen LogP contribution < -0.4 is 10.1 Å². The van der Waals surface area contributed by atoms with Crippen LogP contribution >= 0.6 is 0 Å². The zero-order valence-corrected chi connectivity index (χ0v) is 19.1. The highest BCUT2D eigenvalue weighted by Crippen LogP contribution is 2.36. The van der Waals surface area contributed by atoms with Gasteiger partial charge in [-0.05, 0) is 55.7 Å². The lowest BCUT2D eigenvalue weighted by Gasteiger charge is -2.15. The van der Waals surface area contributed by atoms with Crippen LogP contribution in [0, 0.1) is 13.8 Å². The van der Waals surface area contributed by atoms with Crippen LogP contribution in [0.5, 0.6) is 5.75 Å². The predicted molar refractivity (Wildman–Crippen MR) is 121 cm³/mol. The predicted octanol–water partition coefficient (Wildman–Crippen LogP) is 4.73. The largest absolute Gasteiger partial charge is 0.497 e. The summed E-state index contributed by atoms with van der Waals surface area (Å²) in [5.41, 5.74) is 2.43. The molecule has 0 aliphatic rings. The second kappa shape index (κ2) is 9.39. The average Bonchev–Trinajstić information content (AvgIpc) is 2.99. The van der Waals surface area contributed by atoms with Gasteiger partial charge in [0, 0.05) is 18.7 Å². The van der Waals surface area contributed by atoms with Crippen molar-refractivity contribution in [3.05, 3.63) is 71.4 Å². The van der Waals surface area contributed by atoms with Gasteiger partial charge in [-0.25, -0.2) is 8.42 Å². The number of amides is 1. The Morgan fingerprint density at radius 3 is 2.26 bits per heavy atom. The number of hydrogen-bond donors (Lipinski definition) is 1. The first-order chi connectivity index (χ1) is 14.8. The van der Waals surface area contributed by atoms with Gasteiger partial charge in [-0.2, -0.15) is 0 Å². The summed E-state index contributed by atoms with van der Waals surface area (Å²) in [4.78, 5) is 12.8. The smallest absolute Gasteiger partial charge is 0.225 e. The first kappa shape index (κ1) is 22.6. The molecule has 0 aliphatic carbocycles. The summed E-state index contributed by atoms with van der Waals surface area (Å²) in [6.07, 6.45) is 0.986. The molecule has 0 spiro atoms. The number of aromatic nitrogens is 1. The van der Waals surface area contributed by atoms with E-state index in [2.05, 4.69) is 5.32 Å². The molecule has 0 saturated heterocycles. The number of carbonyl (C=O) groups excluding carboxylic acids is 1. The molecule has 1 amide bonds. The van der Waals surface area contributed by atoms with E-state index in [1.807, 2.05) is 48.7 Å². The summed E-state index contributed by atoms with van der Waals surface area (Å²) < 4.78 is 34.3. The lowest BCUT2D eigenvalue weighted by molar-refractivity contribution is -0.116. The van der Waals surface area contributed by atoms with Crippen LogP contribution in [0.3, 0.4) is 0 Å². The first-order valence-electron chi connectivity index (χ1n) is 10.2. The van der Waals surface area contributed by atoms with Gasteiger partial charge < -0.3 is 14.6 Å². The minimum absolute atomic E-state index is 0.135. The van der Waals surface area contributed by atoms with Crippen molar-refractivity contribution in [1.82, 2.24) is 4.57 Å². The minimum atomic E-state index is -3.87. The lowest BCUT2D eigenvalue weighted by Crippen LogP contribution is -2.18. The second-order valence-corrected chi connectivity index (χ2v) is 9.32. The van der Waals surface area contributed by atoms with Gasteiger partial charge in [-0.3, -0.25) is 4.79 Å². The normalized spacial score (nSPS) is 11.4. The summed E-state index contributed by atoms with van der Waals surface area (Å²) in [6.45, 7) is 6.02. The standard InChI is InChI=1S/C24H28N2O4S/c1-5-9-22(27)25-24-23(31(28,29)21-14-12-20(30-4)13-15-21)17(2)18(3)26(24)16-19-10-7-6-8-11-19/h6-8,10-15H,5,9,16H2,1-4H3,(H,25,27). The fourth-order valence-corrected chi connectivity index (χ4v) is 5.24. The van der Waals surface area contributed by atoms with E-state index in [1.54, 1.807) is 19.1 Å². The topological polar surface area (TPSA) is 77.4 Å². The van der Waals surface area contributed by atoms with Crippen LogP contribution in [-0.4, -0.2) is 26.0 Å². The van der Waals surface area contributed by atoms with Gasteiger partial charge in [0.15, 0.2) is 0 Å². The fraction of sp³-hybridized carbons (Fsp3) is 0.292. The molecule has 3 aromatic rings. The lowest BCUT2D eigenvalue weighted by atomic mass is 10.2. The van der Waals surface area contributed by atoms with Crippen molar-refractivity contribution in [2.24, 2.45) is 0 Å². The van der Waals surface area contributed by atoms with Crippen LogP contribution in [0.25, 0.3) is 0 Å². The molecule has 0 bridgehead atoms. The van der Waals surface area contributed by atoms with Gasteiger partial charge in [-0.15, -0.1) is 0 Å². The number of benzene rings is 2. The summed E-state index contributed by atoms with van der Waals surface area (Å²) >= 11 is 0. The Kier molecular flexibility index (Phi) is 6.85. The third-order valence-corrected chi connectivity index (χ3v) is 7.26. The molecule has 0 unspecified atom stereocenters. The van der Waals surface area contributed by atoms with Crippen LogP contribution in [0.1, 0.15) is 36.6 Å². The van der Waals surface area contributed by atoms with E-state index in [9.17, 15) is 13.2 Å². The second-order valence-electron chi connectivity index (χ2n) is 7.44. The minimum Gasteiger partial charge on any atom is -0.497 e. The maximum atomic E-state index is 13.6. The van der Waals surface area contributed by atoms with E-state index < -0.39 is 9.84 Å². The van der Waals surface area contributed by atoms with Crippen molar-refractivity contribution in [3.8, 4) is 5.75 Å². The number of carbonyl (C=O) groups is 1. The van der Waals surface area contributed by atoms with Gasteiger partial charge in [0.25, 0.3) is 0 Å². The van der Waals surface area contributed by atoms with E-state index in [1.165, 1.54) is 19.2 Å². The summed E-state index contributed by atoms with van der Waals surface area (Å²) in [6, 6.07) is 16.0. The molecule has 1 aromatic heterocycles. The molecule has 2 aromatic carbocycles. The van der Waals surface area contributed by atoms with E-state index in [0.29, 0.717) is 36.5 Å². The fourth-order valence-electron chi connectivity index (χ4n) is 3.55. The van der Waals surface area contributed by atoms with Crippen LogP contribution in [0.2, 0.25) is 0 Å². The number of nitrogens with zero attached hydrogens (tertiary/aromatic N) is 1. The number of sulfone groups is 1. The Balaban J connectivity index is 2.17. The third kappa shape index (κ3) is 4.66. The van der Waals surface area contributed by atoms with E-state index in [-0.39, 0.29) is 15.7 Å². The molecule has 0 fully saturated rings. The monoisotopic (exact) mass is 440 g/mol. The zero-order chi connectivity index (χ0) is 22.6. The number of anilines is 1. The molecule has 0 atom stereocenters. The van der Waals surface area contributed by atoms with Crippen LogP contribution in [0.4, 0.5) is 5.82 Å². The molecule has 0 radical (unpaired) electrons. The average molecular weight is 441 g/mol. The molecule has 31 heavy (non-hydrogen) atoms. The van der Waals surface area contributed by atoms with E-state index in [4.69, 9.17) is 4.74 Å². The molecule has 1 N–H and O–H groups in total. The maximum Gasteiger partial charge on any atom is 0.225 e. The molecule has 1 heterocycles. The number of ether oxygens (including phenoxy) is 1. The van der Waals surface area contributed by atoms with Gasteiger partial charge in [0.2, 0.25) is 15.7 Å². The van der Waals surface area contributed by atoms with Crippen LogP contribution in [0.15, 0.2) is 64.4 Å². The third-order valence-electron chi connectivity index (χ3n) is 5.33. The van der Waals surface area contributed by atoms with E-state index >= 15 is 0 Å². The maximum absolute atomic E-state index is 13.6. The van der Waals surface area contributed by atoms with Gasteiger partial charge in [0.1, 0.15) is 16.5 Å². The SMILES string of the molecule is CCCC(=O)Nc1c(S(=O)(=O)c2ccc(OC)cc2)c(C)c(C)n1Cc1ccccc1. The number of nitrogens with one attached hydrogen (secondary N) is 1.